The van der Waals surface area contributed by atoms with Crippen molar-refractivity contribution in [1.29, 1.82) is 0 Å². The van der Waals surface area contributed by atoms with Crippen molar-refractivity contribution in [3.63, 3.8) is 0 Å². The maximum atomic E-state index is 12.5. The van der Waals surface area contributed by atoms with Gasteiger partial charge in [0.15, 0.2) is 0 Å². The second-order valence-electron chi connectivity index (χ2n) is 8.04. The van der Waals surface area contributed by atoms with Gasteiger partial charge in [-0.2, -0.15) is 11.8 Å². The Kier molecular flexibility index (Phi) is 5.24. The summed E-state index contributed by atoms with van der Waals surface area (Å²) in [6.07, 6.45) is 8.73. The lowest BCUT2D eigenvalue weighted by Gasteiger charge is -2.56. The van der Waals surface area contributed by atoms with Crippen LogP contribution in [0.1, 0.15) is 58.3 Å². The van der Waals surface area contributed by atoms with Crippen molar-refractivity contribution in [1.82, 2.24) is 5.32 Å². The van der Waals surface area contributed by atoms with Gasteiger partial charge in [-0.1, -0.05) is 6.92 Å². The highest BCUT2D eigenvalue weighted by Crippen LogP contribution is 2.61. The van der Waals surface area contributed by atoms with Crippen LogP contribution in [0, 0.1) is 23.2 Å². The van der Waals surface area contributed by atoms with Crippen molar-refractivity contribution in [3.05, 3.63) is 0 Å². The predicted molar refractivity (Wildman–Crippen MR) is 92.4 cm³/mol. The molecule has 4 aliphatic carbocycles. The molecule has 130 valence electrons. The number of nitrogens with one attached hydrogen (secondary N) is 1. The van der Waals surface area contributed by atoms with Gasteiger partial charge in [0.25, 0.3) is 0 Å². The Labute approximate surface area is 143 Å². The number of rotatable bonds is 8. The Morgan fingerprint density at radius 3 is 2.22 bits per heavy atom. The number of aliphatic carboxylic acids is 1. The number of carbonyl (C=O) groups excluding carboxylic acids is 1. The van der Waals surface area contributed by atoms with E-state index in [1.54, 1.807) is 11.8 Å². The van der Waals surface area contributed by atoms with E-state index in [2.05, 4.69) is 12.2 Å². The lowest BCUT2D eigenvalue weighted by molar-refractivity contribution is -0.143. The van der Waals surface area contributed by atoms with E-state index in [-0.39, 0.29) is 11.3 Å². The third-order valence-corrected chi connectivity index (χ3v) is 7.02. The second kappa shape index (κ2) is 7.04. The number of thioether (sulfide) groups is 1. The molecule has 5 heteroatoms. The first-order chi connectivity index (χ1) is 11.0. The average Bonchev–Trinajstić information content (AvgIpc) is 2.44. The first kappa shape index (κ1) is 17.1. The fourth-order valence-electron chi connectivity index (χ4n) is 5.70. The minimum atomic E-state index is -0.902. The van der Waals surface area contributed by atoms with Gasteiger partial charge in [-0.25, -0.2) is 4.79 Å². The van der Waals surface area contributed by atoms with E-state index in [9.17, 15) is 14.7 Å². The first-order valence-corrected chi connectivity index (χ1v) is 10.2. The Morgan fingerprint density at radius 2 is 1.74 bits per heavy atom. The standard InChI is InChI=1S/C18H29NO3S/c1-2-23-4-3-15(17(21)22)19-16(20)11-18-8-12-5-13(9-18)7-14(6-12)10-18/h12-15H,2-11H2,1H3,(H,19,20)(H,21,22). The molecule has 4 fully saturated rings. The topological polar surface area (TPSA) is 66.4 Å². The molecule has 0 aromatic carbocycles. The van der Waals surface area contributed by atoms with Gasteiger partial charge < -0.3 is 10.4 Å². The van der Waals surface area contributed by atoms with Crippen molar-refractivity contribution in [2.75, 3.05) is 11.5 Å². The zero-order valence-corrected chi connectivity index (χ0v) is 14.9. The molecule has 0 saturated heterocycles. The lowest BCUT2D eigenvalue weighted by atomic mass is 9.49. The molecule has 0 radical (unpaired) electrons. The molecule has 0 aromatic heterocycles. The van der Waals surface area contributed by atoms with Crippen LogP contribution in [0.25, 0.3) is 0 Å². The zero-order chi connectivity index (χ0) is 16.4. The minimum Gasteiger partial charge on any atom is -0.480 e. The Morgan fingerprint density at radius 1 is 1.17 bits per heavy atom. The van der Waals surface area contributed by atoms with Crippen molar-refractivity contribution in [3.8, 4) is 0 Å². The van der Waals surface area contributed by atoms with Crippen LogP contribution >= 0.6 is 11.8 Å². The van der Waals surface area contributed by atoms with Crippen LogP contribution in [0.15, 0.2) is 0 Å². The summed E-state index contributed by atoms with van der Waals surface area (Å²) in [5.74, 6) is 3.29. The van der Waals surface area contributed by atoms with E-state index in [0.29, 0.717) is 12.8 Å². The highest BCUT2D eigenvalue weighted by atomic mass is 32.2. The van der Waals surface area contributed by atoms with Crippen molar-refractivity contribution >= 4 is 23.6 Å². The molecule has 4 saturated carbocycles. The Hall–Kier alpha value is -0.710. The summed E-state index contributed by atoms with van der Waals surface area (Å²) in [5.41, 5.74) is 0.181. The van der Waals surface area contributed by atoms with Crippen LogP contribution in [-0.4, -0.2) is 34.5 Å². The summed E-state index contributed by atoms with van der Waals surface area (Å²) in [5, 5.41) is 12.1. The number of hydrogen-bond donors (Lipinski definition) is 2. The van der Waals surface area contributed by atoms with Gasteiger partial charge in [-0.15, -0.1) is 0 Å². The number of carbonyl (C=O) groups is 2. The quantitative estimate of drug-likeness (QED) is 0.666. The summed E-state index contributed by atoms with van der Waals surface area (Å²) in [4.78, 5) is 23.9. The van der Waals surface area contributed by atoms with Gasteiger partial charge in [0.2, 0.25) is 5.91 Å². The van der Waals surface area contributed by atoms with Crippen LogP contribution < -0.4 is 5.32 Å². The molecule has 0 spiro atoms. The molecule has 4 bridgehead atoms. The number of carboxylic acids is 1. The summed E-state index contributed by atoms with van der Waals surface area (Å²) in [7, 11) is 0. The van der Waals surface area contributed by atoms with Gasteiger partial charge >= 0.3 is 5.97 Å². The Bertz CT molecular complexity index is 430. The van der Waals surface area contributed by atoms with Gasteiger partial charge in [-0.3, -0.25) is 4.79 Å². The van der Waals surface area contributed by atoms with E-state index in [1.165, 1.54) is 38.5 Å². The number of amides is 1. The first-order valence-electron chi connectivity index (χ1n) is 9.09. The van der Waals surface area contributed by atoms with Crippen LogP contribution in [0.2, 0.25) is 0 Å². The highest BCUT2D eigenvalue weighted by Gasteiger charge is 2.51. The molecule has 1 unspecified atom stereocenters. The lowest BCUT2D eigenvalue weighted by Crippen LogP contribution is -2.49. The van der Waals surface area contributed by atoms with Crippen molar-refractivity contribution < 1.29 is 14.7 Å². The molecule has 1 amide bonds. The summed E-state index contributed by atoms with van der Waals surface area (Å²) < 4.78 is 0. The molecule has 23 heavy (non-hydrogen) atoms. The van der Waals surface area contributed by atoms with Crippen LogP contribution in [0.5, 0.6) is 0 Å². The second-order valence-corrected chi connectivity index (χ2v) is 9.43. The van der Waals surface area contributed by atoms with E-state index in [4.69, 9.17) is 0 Å². The molecule has 0 aliphatic heterocycles. The zero-order valence-electron chi connectivity index (χ0n) is 14.1. The van der Waals surface area contributed by atoms with E-state index >= 15 is 0 Å². The summed E-state index contributed by atoms with van der Waals surface area (Å²) in [6, 6.07) is -0.726. The highest BCUT2D eigenvalue weighted by molar-refractivity contribution is 7.99. The molecule has 0 heterocycles. The van der Waals surface area contributed by atoms with Gasteiger partial charge in [0.05, 0.1) is 0 Å². The van der Waals surface area contributed by atoms with Gasteiger partial charge in [-0.05, 0) is 79.6 Å². The maximum absolute atomic E-state index is 12.5. The number of carboxylic acid groups (broad SMARTS) is 1. The fourth-order valence-corrected chi connectivity index (χ4v) is 6.39. The smallest absolute Gasteiger partial charge is 0.326 e. The number of hydrogen-bond acceptors (Lipinski definition) is 3. The predicted octanol–water partition coefficient (Wildman–Crippen LogP) is 3.31. The molecular weight excluding hydrogens is 310 g/mol. The third kappa shape index (κ3) is 4.04. The SMILES string of the molecule is CCSCCC(NC(=O)CC12CC3CC(CC(C3)C1)C2)C(=O)O. The van der Waals surface area contributed by atoms with Gasteiger partial charge in [0.1, 0.15) is 6.04 Å². The van der Waals surface area contributed by atoms with Crippen LogP contribution in [-0.2, 0) is 9.59 Å². The molecule has 4 nitrogen and oxygen atoms in total. The van der Waals surface area contributed by atoms with E-state index < -0.39 is 12.0 Å². The fraction of sp³-hybridized carbons (Fsp3) is 0.889. The Balaban J connectivity index is 1.55. The average molecular weight is 340 g/mol. The normalized spacial score (nSPS) is 36.0. The molecule has 4 rings (SSSR count). The molecular formula is C18H29NO3S. The maximum Gasteiger partial charge on any atom is 0.326 e. The van der Waals surface area contributed by atoms with Crippen LogP contribution in [0.3, 0.4) is 0 Å². The van der Waals surface area contributed by atoms with Crippen molar-refractivity contribution in [2.24, 2.45) is 23.2 Å². The largest absolute Gasteiger partial charge is 0.480 e. The summed E-state index contributed by atoms with van der Waals surface area (Å²) >= 11 is 1.72. The molecule has 0 aromatic rings. The molecule has 4 aliphatic rings. The van der Waals surface area contributed by atoms with Crippen LogP contribution in [0.4, 0.5) is 0 Å². The van der Waals surface area contributed by atoms with E-state index in [0.717, 1.165) is 29.3 Å². The molecule has 1 atom stereocenters. The summed E-state index contributed by atoms with van der Waals surface area (Å²) in [6.45, 7) is 2.06. The van der Waals surface area contributed by atoms with Crippen molar-refractivity contribution in [2.45, 2.75) is 64.3 Å². The molecule has 2 N–H and O–H groups in total. The van der Waals surface area contributed by atoms with E-state index in [1.807, 2.05) is 0 Å². The van der Waals surface area contributed by atoms with Gasteiger partial charge in [0, 0.05) is 6.42 Å². The monoisotopic (exact) mass is 339 g/mol. The third-order valence-electron chi connectivity index (χ3n) is 6.09. The minimum absolute atomic E-state index is 0.0409.